The summed E-state index contributed by atoms with van der Waals surface area (Å²) in [5.41, 5.74) is 1.70. The number of anilines is 1. The summed E-state index contributed by atoms with van der Waals surface area (Å²) in [6, 6.07) is 5.87. The molecule has 20 heavy (non-hydrogen) atoms. The normalized spacial score (nSPS) is 15.1. The van der Waals surface area contributed by atoms with Crippen LogP contribution in [0.4, 0.5) is 5.69 Å². The highest BCUT2D eigenvalue weighted by Crippen LogP contribution is 2.20. The Morgan fingerprint density at radius 2 is 1.95 bits per heavy atom. The van der Waals surface area contributed by atoms with Gasteiger partial charge in [0.2, 0.25) is 11.8 Å². The Hall–Kier alpha value is -1.36. The number of rotatable bonds is 4. The lowest BCUT2D eigenvalue weighted by Gasteiger charge is -2.12. The minimum atomic E-state index is -0.272. The van der Waals surface area contributed by atoms with Crippen LogP contribution in [0, 0.1) is 6.92 Å². The van der Waals surface area contributed by atoms with E-state index >= 15 is 0 Å². The number of nitrogens with one attached hydrogen (secondary N) is 2. The van der Waals surface area contributed by atoms with Gasteiger partial charge in [-0.3, -0.25) is 9.59 Å². The summed E-state index contributed by atoms with van der Waals surface area (Å²) in [6.07, 6.45) is 4.26. The van der Waals surface area contributed by atoms with Crippen molar-refractivity contribution in [1.29, 1.82) is 0 Å². The maximum Gasteiger partial charge on any atom is 0.233 e. The van der Waals surface area contributed by atoms with Crippen molar-refractivity contribution in [2.24, 2.45) is 0 Å². The first kappa shape index (κ1) is 15.0. The molecule has 108 valence electrons. The van der Waals surface area contributed by atoms with Crippen LogP contribution in [0.5, 0.6) is 0 Å². The van der Waals surface area contributed by atoms with Crippen LogP contribution in [-0.2, 0) is 9.59 Å². The number of hydrogen-bond donors (Lipinski definition) is 2. The third-order valence-electron chi connectivity index (χ3n) is 3.50. The fraction of sp³-hybridized carbons (Fsp3) is 0.467. The largest absolute Gasteiger partial charge is 0.353 e. The molecule has 4 nitrogen and oxygen atoms in total. The number of hydrogen-bond acceptors (Lipinski definition) is 2. The summed E-state index contributed by atoms with van der Waals surface area (Å²) in [5.74, 6) is -0.463. The van der Waals surface area contributed by atoms with Gasteiger partial charge in [-0.05, 0) is 43.5 Å². The number of halogens is 1. The zero-order valence-corrected chi connectivity index (χ0v) is 13.1. The molecule has 1 aliphatic carbocycles. The van der Waals surface area contributed by atoms with Crippen LogP contribution >= 0.6 is 15.9 Å². The lowest BCUT2D eigenvalue weighted by atomic mass is 10.2. The van der Waals surface area contributed by atoms with Crippen molar-refractivity contribution in [2.45, 2.75) is 45.1 Å². The zero-order valence-electron chi connectivity index (χ0n) is 11.5. The van der Waals surface area contributed by atoms with Crippen LogP contribution in [0.1, 0.15) is 37.7 Å². The molecule has 0 unspecified atom stereocenters. The Morgan fingerprint density at radius 1 is 1.25 bits per heavy atom. The second-order valence-electron chi connectivity index (χ2n) is 5.23. The van der Waals surface area contributed by atoms with Gasteiger partial charge < -0.3 is 10.6 Å². The lowest BCUT2D eigenvalue weighted by molar-refractivity contribution is -0.127. The van der Waals surface area contributed by atoms with E-state index in [4.69, 9.17) is 0 Å². The molecule has 2 N–H and O–H groups in total. The van der Waals surface area contributed by atoms with Gasteiger partial charge in [0.15, 0.2) is 0 Å². The van der Waals surface area contributed by atoms with Gasteiger partial charge in [0, 0.05) is 16.2 Å². The van der Waals surface area contributed by atoms with E-state index in [0.717, 1.165) is 41.4 Å². The van der Waals surface area contributed by atoms with Gasteiger partial charge in [-0.25, -0.2) is 0 Å². The summed E-state index contributed by atoms with van der Waals surface area (Å²) in [4.78, 5) is 23.6. The lowest BCUT2D eigenvalue weighted by Crippen LogP contribution is -2.35. The number of carbonyl (C=O) groups is 2. The Morgan fingerprint density at radius 3 is 2.60 bits per heavy atom. The highest BCUT2D eigenvalue weighted by atomic mass is 79.9. The van der Waals surface area contributed by atoms with Crippen LogP contribution in [0.25, 0.3) is 0 Å². The van der Waals surface area contributed by atoms with Gasteiger partial charge >= 0.3 is 0 Å². The topological polar surface area (TPSA) is 58.2 Å². The second-order valence-corrected chi connectivity index (χ2v) is 6.15. The average Bonchev–Trinajstić information content (AvgIpc) is 2.85. The number of aryl methyl sites for hydroxylation is 1. The fourth-order valence-corrected chi connectivity index (χ4v) is 2.93. The van der Waals surface area contributed by atoms with Crippen molar-refractivity contribution in [3.63, 3.8) is 0 Å². The molecule has 1 aromatic carbocycles. The van der Waals surface area contributed by atoms with Crippen LogP contribution in [-0.4, -0.2) is 17.9 Å². The third kappa shape index (κ3) is 4.34. The van der Waals surface area contributed by atoms with E-state index in [2.05, 4.69) is 26.6 Å². The quantitative estimate of drug-likeness (QED) is 0.828. The maximum atomic E-state index is 11.9. The van der Waals surface area contributed by atoms with Crippen molar-refractivity contribution < 1.29 is 9.59 Å². The standard InChI is InChI=1S/C15H19BrN2O2/c1-10-8-11(16)6-7-13(10)18-15(20)9-14(19)17-12-4-2-3-5-12/h6-8,12H,2-5,9H2,1H3,(H,17,19)(H,18,20). The first-order chi connectivity index (χ1) is 9.54. The molecule has 5 heteroatoms. The fourth-order valence-electron chi connectivity index (χ4n) is 2.46. The van der Waals surface area contributed by atoms with Crippen molar-refractivity contribution in [1.82, 2.24) is 5.32 Å². The van der Waals surface area contributed by atoms with E-state index < -0.39 is 0 Å². The average molecular weight is 339 g/mol. The molecule has 1 saturated carbocycles. The van der Waals surface area contributed by atoms with E-state index in [1.807, 2.05) is 25.1 Å². The SMILES string of the molecule is Cc1cc(Br)ccc1NC(=O)CC(=O)NC1CCCC1. The monoisotopic (exact) mass is 338 g/mol. The van der Waals surface area contributed by atoms with E-state index in [1.165, 1.54) is 0 Å². The molecule has 2 rings (SSSR count). The molecule has 0 bridgehead atoms. The summed E-state index contributed by atoms with van der Waals surface area (Å²) in [6.45, 7) is 1.92. The third-order valence-corrected chi connectivity index (χ3v) is 4.00. The summed E-state index contributed by atoms with van der Waals surface area (Å²) >= 11 is 3.37. The summed E-state index contributed by atoms with van der Waals surface area (Å²) in [7, 11) is 0. The smallest absolute Gasteiger partial charge is 0.233 e. The van der Waals surface area contributed by atoms with E-state index in [-0.39, 0.29) is 24.3 Å². The van der Waals surface area contributed by atoms with Crippen LogP contribution < -0.4 is 10.6 Å². The molecular weight excluding hydrogens is 320 g/mol. The van der Waals surface area contributed by atoms with Crippen LogP contribution in [0.3, 0.4) is 0 Å². The van der Waals surface area contributed by atoms with Crippen molar-refractivity contribution in [3.8, 4) is 0 Å². The van der Waals surface area contributed by atoms with Gasteiger partial charge in [0.05, 0.1) is 0 Å². The predicted octanol–water partition coefficient (Wildman–Crippen LogP) is 3.14. The predicted molar refractivity (Wildman–Crippen MR) is 82.5 cm³/mol. The van der Waals surface area contributed by atoms with Crippen molar-refractivity contribution in [2.75, 3.05) is 5.32 Å². The van der Waals surface area contributed by atoms with Gasteiger partial charge in [-0.2, -0.15) is 0 Å². The Kier molecular flexibility index (Phi) is 5.17. The molecule has 0 heterocycles. The number of amides is 2. The summed E-state index contributed by atoms with van der Waals surface area (Å²) < 4.78 is 0.965. The number of benzene rings is 1. The van der Waals surface area contributed by atoms with E-state index in [9.17, 15) is 9.59 Å². The van der Waals surface area contributed by atoms with E-state index in [0.29, 0.717) is 0 Å². The van der Waals surface area contributed by atoms with E-state index in [1.54, 1.807) is 0 Å². The Balaban J connectivity index is 1.83. The minimum absolute atomic E-state index is 0.119. The van der Waals surface area contributed by atoms with Gasteiger partial charge in [-0.1, -0.05) is 28.8 Å². The molecule has 0 radical (unpaired) electrons. The molecule has 0 atom stereocenters. The molecular formula is C15H19BrN2O2. The molecule has 0 aromatic heterocycles. The minimum Gasteiger partial charge on any atom is -0.353 e. The number of carbonyl (C=O) groups excluding carboxylic acids is 2. The molecule has 0 saturated heterocycles. The van der Waals surface area contributed by atoms with Gasteiger partial charge in [0.1, 0.15) is 6.42 Å². The van der Waals surface area contributed by atoms with Crippen LogP contribution in [0.15, 0.2) is 22.7 Å². The van der Waals surface area contributed by atoms with Crippen molar-refractivity contribution in [3.05, 3.63) is 28.2 Å². The van der Waals surface area contributed by atoms with Gasteiger partial charge in [0.25, 0.3) is 0 Å². The molecule has 1 aliphatic rings. The second kappa shape index (κ2) is 6.88. The molecule has 0 aliphatic heterocycles. The Bertz CT molecular complexity index is 511. The highest BCUT2D eigenvalue weighted by Gasteiger charge is 2.18. The zero-order chi connectivity index (χ0) is 14.5. The molecule has 2 amide bonds. The van der Waals surface area contributed by atoms with Gasteiger partial charge in [-0.15, -0.1) is 0 Å². The van der Waals surface area contributed by atoms with Crippen LogP contribution in [0.2, 0.25) is 0 Å². The molecule has 1 aromatic rings. The summed E-state index contributed by atoms with van der Waals surface area (Å²) in [5, 5.41) is 5.68. The molecule has 1 fully saturated rings. The first-order valence-electron chi connectivity index (χ1n) is 6.90. The maximum absolute atomic E-state index is 11.9. The molecule has 0 spiro atoms. The first-order valence-corrected chi connectivity index (χ1v) is 7.69. The highest BCUT2D eigenvalue weighted by molar-refractivity contribution is 9.10. The van der Waals surface area contributed by atoms with Crippen molar-refractivity contribution >= 4 is 33.4 Å². The Labute approximate surface area is 127 Å².